The van der Waals surface area contributed by atoms with Crippen molar-refractivity contribution in [3.8, 4) is 11.4 Å². The molecule has 1 aromatic carbocycles. The highest BCUT2D eigenvalue weighted by molar-refractivity contribution is 5.85. The summed E-state index contributed by atoms with van der Waals surface area (Å²) in [4.78, 5) is 21.0. The Labute approximate surface area is 166 Å². The monoisotopic (exact) mass is 393 g/mol. The van der Waals surface area contributed by atoms with Crippen molar-refractivity contribution >= 4 is 18.3 Å². The van der Waals surface area contributed by atoms with E-state index in [0.29, 0.717) is 24.8 Å². The molecule has 0 spiro atoms. The molecule has 2 atom stereocenters. The molecule has 0 saturated carbocycles. The molecule has 8 heteroatoms. The van der Waals surface area contributed by atoms with Gasteiger partial charge in [-0.15, -0.1) is 12.4 Å². The van der Waals surface area contributed by atoms with Crippen LogP contribution in [0.4, 0.5) is 0 Å². The first kappa shape index (κ1) is 21.3. The zero-order valence-electron chi connectivity index (χ0n) is 16.0. The maximum Gasteiger partial charge on any atom is 0.244 e. The van der Waals surface area contributed by atoms with E-state index in [-0.39, 0.29) is 30.3 Å². The number of rotatable bonds is 5. The Morgan fingerprint density at radius 3 is 2.33 bits per heavy atom. The van der Waals surface area contributed by atoms with E-state index in [9.17, 15) is 4.79 Å². The molecule has 0 aliphatic carbocycles. The number of carbonyl (C=O) groups excluding carboxylic acids is 1. The molecular formula is C19H28ClN5O2. The third kappa shape index (κ3) is 4.86. The molecular weight excluding hydrogens is 366 g/mol. The fraction of sp³-hybridized carbons (Fsp3) is 0.526. The number of nitrogens with two attached hydrogens (primary N) is 1. The molecule has 1 fully saturated rings. The number of amides is 1. The summed E-state index contributed by atoms with van der Waals surface area (Å²) >= 11 is 0. The van der Waals surface area contributed by atoms with Gasteiger partial charge in [-0.1, -0.05) is 49.3 Å². The lowest BCUT2D eigenvalue weighted by atomic mass is 10.0. The van der Waals surface area contributed by atoms with Gasteiger partial charge in [-0.25, -0.2) is 0 Å². The maximum atomic E-state index is 12.4. The minimum absolute atomic E-state index is 0. The van der Waals surface area contributed by atoms with Crippen molar-refractivity contribution in [1.29, 1.82) is 0 Å². The van der Waals surface area contributed by atoms with Crippen LogP contribution in [0.1, 0.15) is 32.7 Å². The van der Waals surface area contributed by atoms with E-state index in [0.717, 1.165) is 18.7 Å². The van der Waals surface area contributed by atoms with Crippen molar-refractivity contribution in [1.82, 2.24) is 19.9 Å². The minimum Gasteiger partial charge on any atom is -0.339 e. The van der Waals surface area contributed by atoms with Crippen LogP contribution in [0.25, 0.3) is 11.4 Å². The van der Waals surface area contributed by atoms with Gasteiger partial charge in [-0.3, -0.25) is 9.69 Å². The number of nitrogens with zero attached hydrogens (tertiary/aromatic N) is 4. The van der Waals surface area contributed by atoms with Gasteiger partial charge < -0.3 is 15.2 Å². The Morgan fingerprint density at radius 1 is 1.11 bits per heavy atom. The molecule has 0 bridgehead atoms. The average Bonchev–Trinajstić information content (AvgIpc) is 3.17. The fourth-order valence-corrected chi connectivity index (χ4v) is 3.09. The number of carbonyl (C=O) groups is 1. The van der Waals surface area contributed by atoms with Gasteiger partial charge >= 0.3 is 0 Å². The zero-order chi connectivity index (χ0) is 18.7. The lowest BCUT2D eigenvalue weighted by Crippen LogP contribution is -2.54. The van der Waals surface area contributed by atoms with E-state index in [1.165, 1.54) is 0 Å². The summed E-state index contributed by atoms with van der Waals surface area (Å²) in [5, 5.41) is 4.09. The Bertz CT molecular complexity index is 729. The Balaban J connectivity index is 0.00000261. The predicted octanol–water partition coefficient (Wildman–Crippen LogP) is 2.35. The van der Waals surface area contributed by atoms with Crippen LogP contribution in [0.3, 0.4) is 0 Å². The zero-order valence-corrected chi connectivity index (χ0v) is 16.9. The smallest absolute Gasteiger partial charge is 0.244 e. The SMILES string of the molecule is CC(C)[C@H](N)C(=O)N1CCN(C(C)c2nc(-c3ccccc3)no2)CC1.Cl. The summed E-state index contributed by atoms with van der Waals surface area (Å²) in [6, 6.07) is 9.36. The number of hydrogen-bond acceptors (Lipinski definition) is 6. The molecule has 1 aromatic heterocycles. The normalized spacial score (nSPS) is 17.4. The largest absolute Gasteiger partial charge is 0.339 e. The maximum absolute atomic E-state index is 12.4. The van der Waals surface area contributed by atoms with Crippen LogP contribution in [-0.2, 0) is 4.79 Å². The van der Waals surface area contributed by atoms with Gasteiger partial charge in [-0.05, 0) is 12.8 Å². The van der Waals surface area contributed by atoms with E-state index in [2.05, 4.69) is 22.0 Å². The third-order valence-corrected chi connectivity index (χ3v) is 5.01. The molecule has 1 aliphatic heterocycles. The van der Waals surface area contributed by atoms with Crippen LogP contribution in [0.15, 0.2) is 34.9 Å². The molecule has 0 radical (unpaired) electrons. The highest BCUT2D eigenvalue weighted by Gasteiger charge is 2.30. The molecule has 27 heavy (non-hydrogen) atoms. The summed E-state index contributed by atoms with van der Waals surface area (Å²) in [5.41, 5.74) is 6.93. The van der Waals surface area contributed by atoms with Gasteiger partial charge in [0.05, 0.1) is 12.1 Å². The van der Waals surface area contributed by atoms with Crippen LogP contribution in [0.5, 0.6) is 0 Å². The molecule has 1 saturated heterocycles. The summed E-state index contributed by atoms with van der Waals surface area (Å²) in [5.74, 6) is 1.39. The lowest BCUT2D eigenvalue weighted by Gasteiger charge is -2.38. The van der Waals surface area contributed by atoms with Gasteiger partial charge in [0.2, 0.25) is 17.6 Å². The summed E-state index contributed by atoms with van der Waals surface area (Å²) < 4.78 is 5.47. The van der Waals surface area contributed by atoms with Crippen molar-refractivity contribution in [2.24, 2.45) is 11.7 Å². The van der Waals surface area contributed by atoms with Crippen molar-refractivity contribution < 1.29 is 9.32 Å². The quantitative estimate of drug-likeness (QED) is 0.838. The second-order valence-electron chi connectivity index (χ2n) is 7.13. The van der Waals surface area contributed by atoms with Crippen molar-refractivity contribution in [3.63, 3.8) is 0 Å². The molecule has 1 unspecified atom stereocenters. The molecule has 1 amide bonds. The van der Waals surface area contributed by atoms with Crippen LogP contribution >= 0.6 is 12.4 Å². The number of halogens is 1. The molecule has 2 aromatic rings. The van der Waals surface area contributed by atoms with E-state index in [1.807, 2.05) is 49.1 Å². The van der Waals surface area contributed by atoms with Crippen LogP contribution in [-0.4, -0.2) is 58.1 Å². The number of piperazine rings is 1. The summed E-state index contributed by atoms with van der Waals surface area (Å²) in [6.45, 7) is 8.87. The van der Waals surface area contributed by atoms with Crippen LogP contribution in [0, 0.1) is 5.92 Å². The van der Waals surface area contributed by atoms with Crippen LogP contribution in [0.2, 0.25) is 0 Å². The van der Waals surface area contributed by atoms with Crippen molar-refractivity contribution in [2.75, 3.05) is 26.2 Å². The van der Waals surface area contributed by atoms with E-state index in [1.54, 1.807) is 0 Å². The lowest BCUT2D eigenvalue weighted by molar-refractivity contribution is -0.135. The molecule has 3 rings (SSSR count). The predicted molar refractivity (Wildman–Crippen MR) is 106 cm³/mol. The fourth-order valence-electron chi connectivity index (χ4n) is 3.09. The minimum atomic E-state index is -0.427. The van der Waals surface area contributed by atoms with Gasteiger partial charge in [0.1, 0.15) is 0 Å². The van der Waals surface area contributed by atoms with E-state index >= 15 is 0 Å². The van der Waals surface area contributed by atoms with Crippen LogP contribution < -0.4 is 5.73 Å². The highest BCUT2D eigenvalue weighted by atomic mass is 35.5. The number of hydrogen-bond donors (Lipinski definition) is 1. The Morgan fingerprint density at radius 2 is 1.74 bits per heavy atom. The number of aromatic nitrogens is 2. The van der Waals surface area contributed by atoms with Gasteiger partial charge in [0.15, 0.2) is 0 Å². The molecule has 2 N–H and O–H groups in total. The van der Waals surface area contributed by atoms with Crippen molar-refractivity contribution in [3.05, 3.63) is 36.2 Å². The third-order valence-electron chi connectivity index (χ3n) is 5.01. The van der Waals surface area contributed by atoms with Gasteiger partial charge in [-0.2, -0.15) is 4.98 Å². The highest BCUT2D eigenvalue weighted by Crippen LogP contribution is 2.23. The summed E-state index contributed by atoms with van der Waals surface area (Å²) in [6.07, 6.45) is 0. The molecule has 148 valence electrons. The first-order chi connectivity index (χ1) is 12.5. The Hall–Kier alpha value is -1.96. The first-order valence-corrected chi connectivity index (χ1v) is 9.15. The van der Waals surface area contributed by atoms with E-state index in [4.69, 9.17) is 10.3 Å². The van der Waals surface area contributed by atoms with E-state index < -0.39 is 6.04 Å². The summed E-state index contributed by atoms with van der Waals surface area (Å²) in [7, 11) is 0. The number of benzene rings is 1. The Kier molecular flexibility index (Phi) is 7.35. The average molecular weight is 394 g/mol. The standard InChI is InChI=1S/C19H27N5O2.ClH/c1-13(2)16(20)19(25)24-11-9-23(10-12-24)14(3)18-21-17(22-26-18)15-7-5-4-6-8-15;/h4-8,13-14,16H,9-12,20H2,1-3H3;1H/t14?,16-;/m0./s1. The second kappa shape index (κ2) is 9.30. The molecule has 1 aliphatic rings. The van der Waals surface area contributed by atoms with Gasteiger partial charge in [0.25, 0.3) is 0 Å². The molecule has 2 heterocycles. The van der Waals surface area contributed by atoms with Crippen molar-refractivity contribution in [2.45, 2.75) is 32.9 Å². The second-order valence-corrected chi connectivity index (χ2v) is 7.13. The first-order valence-electron chi connectivity index (χ1n) is 9.15. The van der Waals surface area contributed by atoms with Gasteiger partial charge in [0, 0.05) is 31.7 Å². The molecule has 7 nitrogen and oxygen atoms in total. The topological polar surface area (TPSA) is 88.5 Å².